The number of aliphatic imine (C=N–C) groups is 1. The zero-order chi connectivity index (χ0) is 19.9. The van der Waals surface area contributed by atoms with Crippen molar-refractivity contribution in [3.63, 3.8) is 0 Å². The number of H-pyrrole nitrogens is 1. The molecule has 160 valence electrons. The lowest BCUT2D eigenvalue weighted by Gasteiger charge is -2.34. The van der Waals surface area contributed by atoms with Gasteiger partial charge >= 0.3 is 0 Å². The van der Waals surface area contributed by atoms with Crippen molar-refractivity contribution in [1.29, 1.82) is 0 Å². The van der Waals surface area contributed by atoms with Crippen LogP contribution in [-0.2, 0) is 11.2 Å². The number of amides is 1. The highest BCUT2D eigenvalue weighted by Gasteiger charge is 2.17. The van der Waals surface area contributed by atoms with Crippen LogP contribution in [0.1, 0.15) is 12.5 Å². The molecule has 1 amide bonds. The molecule has 0 aliphatic carbocycles. The van der Waals surface area contributed by atoms with Crippen LogP contribution in [0.15, 0.2) is 29.4 Å². The van der Waals surface area contributed by atoms with E-state index in [9.17, 15) is 9.18 Å². The smallest absolute Gasteiger partial charge is 0.219 e. The van der Waals surface area contributed by atoms with Crippen LogP contribution < -0.4 is 10.6 Å². The van der Waals surface area contributed by atoms with Gasteiger partial charge in [0.1, 0.15) is 5.82 Å². The number of nitrogens with zero attached hydrogens (tertiary/aromatic N) is 3. The van der Waals surface area contributed by atoms with Gasteiger partial charge in [-0.25, -0.2) is 4.39 Å². The van der Waals surface area contributed by atoms with E-state index >= 15 is 0 Å². The Morgan fingerprint density at radius 1 is 1.21 bits per heavy atom. The molecule has 0 saturated carbocycles. The number of halogens is 2. The maximum atomic E-state index is 13.3. The summed E-state index contributed by atoms with van der Waals surface area (Å²) in [5, 5.41) is 7.71. The van der Waals surface area contributed by atoms with E-state index in [2.05, 4.69) is 25.5 Å². The van der Waals surface area contributed by atoms with Gasteiger partial charge in [0.05, 0.1) is 0 Å². The van der Waals surface area contributed by atoms with Crippen LogP contribution in [0.5, 0.6) is 0 Å². The number of rotatable bonds is 6. The molecule has 2 aromatic rings. The quantitative estimate of drug-likeness (QED) is 0.311. The van der Waals surface area contributed by atoms with Crippen molar-refractivity contribution in [2.45, 2.75) is 13.3 Å². The fourth-order valence-electron chi connectivity index (χ4n) is 3.52. The number of aromatic amines is 1. The number of guanidine groups is 1. The number of piperazine rings is 1. The van der Waals surface area contributed by atoms with Crippen molar-refractivity contribution in [2.24, 2.45) is 4.99 Å². The first kappa shape index (κ1) is 23.4. The van der Waals surface area contributed by atoms with E-state index < -0.39 is 0 Å². The van der Waals surface area contributed by atoms with Crippen LogP contribution in [0.25, 0.3) is 10.9 Å². The molecular weight excluding hydrogens is 486 g/mol. The Morgan fingerprint density at radius 3 is 2.62 bits per heavy atom. The number of hydrogen-bond donors (Lipinski definition) is 3. The van der Waals surface area contributed by atoms with Crippen LogP contribution in [0.3, 0.4) is 0 Å². The molecule has 0 atom stereocenters. The summed E-state index contributed by atoms with van der Waals surface area (Å²) in [6.45, 7) is 7.51. The molecule has 1 fully saturated rings. The lowest BCUT2D eigenvalue weighted by Crippen LogP contribution is -2.50. The SMILES string of the molecule is CN=C(NCCc1c[nH]c2cc(F)ccc12)NCCN1CCN(C(C)=O)CC1.I. The van der Waals surface area contributed by atoms with Crippen LogP contribution in [-0.4, -0.2) is 79.5 Å². The van der Waals surface area contributed by atoms with Gasteiger partial charge in [0.25, 0.3) is 0 Å². The summed E-state index contributed by atoms with van der Waals surface area (Å²) in [5.74, 6) is 0.697. The lowest BCUT2D eigenvalue weighted by molar-refractivity contribution is -0.130. The minimum absolute atomic E-state index is 0. The summed E-state index contributed by atoms with van der Waals surface area (Å²) in [4.78, 5) is 23.0. The number of carbonyl (C=O) groups is 1. The monoisotopic (exact) mass is 516 g/mol. The molecule has 3 rings (SSSR count). The molecular formula is C20H30FIN6O. The first-order valence-corrected chi connectivity index (χ1v) is 9.74. The van der Waals surface area contributed by atoms with Crippen molar-refractivity contribution in [3.8, 4) is 0 Å². The van der Waals surface area contributed by atoms with Crippen molar-refractivity contribution < 1.29 is 9.18 Å². The van der Waals surface area contributed by atoms with Gasteiger partial charge in [-0.15, -0.1) is 24.0 Å². The third kappa shape index (κ3) is 6.56. The summed E-state index contributed by atoms with van der Waals surface area (Å²) >= 11 is 0. The Balaban J connectivity index is 0.00000300. The topological polar surface area (TPSA) is 75.8 Å². The Kier molecular flexibility index (Phi) is 9.15. The van der Waals surface area contributed by atoms with Crippen LogP contribution in [0.4, 0.5) is 4.39 Å². The van der Waals surface area contributed by atoms with Crippen molar-refractivity contribution in [1.82, 2.24) is 25.4 Å². The maximum absolute atomic E-state index is 13.3. The maximum Gasteiger partial charge on any atom is 0.219 e. The Labute approximate surface area is 188 Å². The second kappa shape index (κ2) is 11.3. The fourth-order valence-corrected chi connectivity index (χ4v) is 3.52. The Hall–Kier alpha value is -1.88. The molecule has 2 heterocycles. The molecule has 7 nitrogen and oxygen atoms in total. The number of fused-ring (bicyclic) bond motifs is 1. The molecule has 1 saturated heterocycles. The molecule has 3 N–H and O–H groups in total. The van der Waals surface area contributed by atoms with Crippen LogP contribution in [0, 0.1) is 5.82 Å². The number of nitrogens with one attached hydrogen (secondary N) is 3. The first-order valence-electron chi connectivity index (χ1n) is 9.74. The highest BCUT2D eigenvalue weighted by molar-refractivity contribution is 14.0. The van der Waals surface area contributed by atoms with Gasteiger partial charge in [0, 0.05) is 76.9 Å². The van der Waals surface area contributed by atoms with Crippen molar-refractivity contribution in [3.05, 3.63) is 35.8 Å². The summed E-state index contributed by atoms with van der Waals surface area (Å²) < 4.78 is 13.3. The number of aromatic nitrogens is 1. The van der Waals surface area contributed by atoms with Gasteiger partial charge in [-0.3, -0.25) is 14.7 Å². The molecule has 1 aliphatic rings. The zero-order valence-corrected chi connectivity index (χ0v) is 19.3. The average molecular weight is 516 g/mol. The minimum atomic E-state index is -0.230. The molecule has 29 heavy (non-hydrogen) atoms. The lowest BCUT2D eigenvalue weighted by atomic mass is 10.1. The zero-order valence-electron chi connectivity index (χ0n) is 17.0. The Bertz CT molecular complexity index is 831. The number of hydrogen-bond acceptors (Lipinski definition) is 3. The Morgan fingerprint density at radius 2 is 1.93 bits per heavy atom. The van der Waals surface area contributed by atoms with E-state index in [1.807, 2.05) is 17.2 Å². The minimum Gasteiger partial charge on any atom is -0.361 e. The van der Waals surface area contributed by atoms with Gasteiger partial charge < -0.3 is 20.5 Å². The van der Waals surface area contributed by atoms with Gasteiger partial charge in [0.2, 0.25) is 5.91 Å². The predicted octanol–water partition coefficient (Wildman–Crippen LogP) is 1.80. The predicted molar refractivity (Wildman–Crippen MR) is 125 cm³/mol. The molecule has 9 heteroatoms. The van der Waals surface area contributed by atoms with Gasteiger partial charge in [-0.2, -0.15) is 0 Å². The molecule has 1 aromatic heterocycles. The van der Waals surface area contributed by atoms with Crippen LogP contribution >= 0.6 is 24.0 Å². The summed E-state index contributed by atoms with van der Waals surface area (Å²) in [5.41, 5.74) is 1.98. The molecule has 0 bridgehead atoms. The summed E-state index contributed by atoms with van der Waals surface area (Å²) in [6.07, 6.45) is 2.75. The van der Waals surface area contributed by atoms with E-state index in [4.69, 9.17) is 0 Å². The number of benzene rings is 1. The van der Waals surface area contributed by atoms with Gasteiger partial charge in [-0.05, 0) is 30.2 Å². The molecule has 1 aromatic carbocycles. The number of carbonyl (C=O) groups excluding carboxylic acids is 1. The van der Waals surface area contributed by atoms with Crippen molar-refractivity contribution in [2.75, 3.05) is 52.9 Å². The largest absolute Gasteiger partial charge is 0.361 e. The third-order valence-electron chi connectivity index (χ3n) is 5.18. The molecule has 1 aliphatic heterocycles. The van der Waals surface area contributed by atoms with E-state index in [0.717, 1.165) is 74.7 Å². The van der Waals surface area contributed by atoms with E-state index in [-0.39, 0.29) is 35.7 Å². The highest BCUT2D eigenvalue weighted by atomic mass is 127. The third-order valence-corrected chi connectivity index (χ3v) is 5.18. The van der Waals surface area contributed by atoms with Crippen LogP contribution in [0.2, 0.25) is 0 Å². The van der Waals surface area contributed by atoms with Crippen molar-refractivity contribution >= 4 is 46.7 Å². The fraction of sp³-hybridized carbons (Fsp3) is 0.500. The summed E-state index contributed by atoms with van der Waals surface area (Å²) in [6, 6.07) is 4.82. The van der Waals surface area contributed by atoms with E-state index in [1.54, 1.807) is 14.0 Å². The van der Waals surface area contributed by atoms with E-state index in [1.165, 1.54) is 12.1 Å². The first-order chi connectivity index (χ1) is 13.6. The second-order valence-electron chi connectivity index (χ2n) is 7.03. The van der Waals surface area contributed by atoms with Gasteiger partial charge in [-0.1, -0.05) is 0 Å². The standard InChI is InChI=1S/C20H29FN6O.HI/c1-15(28)27-11-9-26(10-12-27)8-7-24-20(22-2)23-6-5-16-14-25-19-13-17(21)3-4-18(16)19;/h3-4,13-14,25H,5-12H2,1-2H3,(H2,22,23,24);1H. The molecule has 0 spiro atoms. The second-order valence-corrected chi connectivity index (χ2v) is 7.03. The average Bonchev–Trinajstić information content (AvgIpc) is 3.09. The normalized spacial score (nSPS) is 15.3. The highest BCUT2D eigenvalue weighted by Crippen LogP contribution is 2.19. The van der Waals surface area contributed by atoms with Gasteiger partial charge in [0.15, 0.2) is 5.96 Å². The molecule has 0 unspecified atom stereocenters. The van der Waals surface area contributed by atoms with E-state index in [0.29, 0.717) is 0 Å². The molecule has 0 radical (unpaired) electrons. The summed E-state index contributed by atoms with van der Waals surface area (Å²) in [7, 11) is 1.76.